The molecule has 2 amide bonds. The largest absolute Gasteiger partial charge is 0.457 e. The zero-order valence-corrected chi connectivity index (χ0v) is 18.9. The minimum atomic E-state index is -4.63. The van der Waals surface area contributed by atoms with Crippen molar-refractivity contribution in [3.05, 3.63) is 65.3 Å². The van der Waals surface area contributed by atoms with E-state index in [1.807, 2.05) is 19.9 Å². The summed E-state index contributed by atoms with van der Waals surface area (Å²) in [7, 11) is 0. The minimum absolute atomic E-state index is 0.352. The highest BCUT2D eigenvalue weighted by atomic mass is 32.1. The molecular weight excluding hydrogens is 472 g/mol. The third-order valence-corrected chi connectivity index (χ3v) is 6.21. The number of aryl methyl sites for hydroxylation is 2. The number of fused-ring (bicyclic) bond motifs is 1. The van der Waals surface area contributed by atoms with Gasteiger partial charge < -0.3 is 21.1 Å². The fourth-order valence-corrected chi connectivity index (χ4v) is 4.37. The molecule has 1 heterocycles. The van der Waals surface area contributed by atoms with Crippen LogP contribution in [0.2, 0.25) is 0 Å². The van der Waals surface area contributed by atoms with E-state index in [1.165, 1.54) is 11.3 Å². The highest BCUT2D eigenvalue weighted by Crippen LogP contribution is 2.37. The van der Waals surface area contributed by atoms with Crippen LogP contribution in [0.5, 0.6) is 11.5 Å². The van der Waals surface area contributed by atoms with Gasteiger partial charge in [-0.15, -0.1) is 0 Å². The smallest absolute Gasteiger partial charge is 0.416 e. The number of benzene rings is 2. The number of carbonyl (C=O) groups is 1. The molecule has 6 nitrogen and oxygen atoms in total. The monoisotopic (exact) mass is 492 g/mol. The zero-order chi connectivity index (χ0) is 24.6. The molecule has 0 aliphatic heterocycles. The molecule has 0 spiro atoms. The van der Waals surface area contributed by atoms with E-state index in [2.05, 4.69) is 15.6 Å². The molecule has 1 aliphatic rings. The summed E-state index contributed by atoms with van der Waals surface area (Å²) in [5, 5.41) is 5.15. The summed E-state index contributed by atoms with van der Waals surface area (Å²) < 4.78 is 59.4. The van der Waals surface area contributed by atoms with E-state index < -0.39 is 30.0 Å². The number of nitrogens with zero attached hydrogens (tertiary/aromatic N) is 1. The Hall–Kier alpha value is -3.60. The number of anilines is 2. The van der Waals surface area contributed by atoms with Gasteiger partial charge in [-0.3, -0.25) is 0 Å². The van der Waals surface area contributed by atoms with Crippen molar-refractivity contribution < 1.29 is 27.1 Å². The topological polar surface area (TPSA) is 89.3 Å². The number of nitrogens with one attached hydrogen (secondary N) is 2. The maximum absolute atomic E-state index is 14.0. The first-order valence-electron chi connectivity index (χ1n) is 10.1. The second-order valence-corrected chi connectivity index (χ2v) is 8.75. The molecule has 0 saturated carbocycles. The Balaban J connectivity index is 1.42. The summed E-state index contributed by atoms with van der Waals surface area (Å²) in [4.78, 5) is 16.5. The second kappa shape index (κ2) is 8.98. The predicted octanol–water partition coefficient (Wildman–Crippen LogP) is 6.17. The molecule has 1 aliphatic carbocycles. The van der Waals surface area contributed by atoms with Crippen LogP contribution in [-0.4, -0.2) is 29.4 Å². The lowest BCUT2D eigenvalue weighted by Gasteiger charge is -2.23. The van der Waals surface area contributed by atoms with Crippen LogP contribution in [0.25, 0.3) is 10.2 Å². The minimum Gasteiger partial charge on any atom is -0.457 e. The third kappa shape index (κ3) is 4.98. The summed E-state index contributed by atoms with van der Waals surface area (Å²) in [6.07, 6.45) is -4.33. The molecule has 0 radical (unpaired) electrons. The number of urea groups is 1. The van der Waals surface area contributed by atoms with Gasteiger partial charge in [0.05, 0.1) is 21.8 Å². The summed E-state index contributed by atoms with van der Waals surface area (Å²) in [5.41, 5.74) is 7.81. The van der Waals surface area contributed by atoms with Crippen LogP contribution in [0.1, 0.15) is 11.1 Å². The van der Waals surface area contributed by atoms with Gasteiger partial charge in [0.1, 0.15) is 17.7 Å². The van der Waals surface area contributed by atoms with E-state index in [1.54, 1.807) is 24.3 Å². The number of nitrogens with two attached hydrogens (primary N) is 1. The van der Waals surface area contributed by atoms with Crippen LogP contribution >= 0.6 is 11.3 Å². The summed E-state index contributed by atoms with van der Waals surface area (Å²) >= 11 is 1.38. The molecule has 1 aromatic heterocycles. The highest BCUT2D eigenvalue weighted by Gasteiger charge is 2.36. The van der Waals surface area contributed by atoms with E-state index >= 15 is 0 Å². The number of amides is 2. The summed E-state index contributed by atoms with van der Waals surface area (Å²) in [6.45, 7) is 3.82. The molecule has 11 heteroatoms. The molecular formula is C23H20F4N4O2S. The van der Waals surface area contributed by atoms with Crippen LogP contribution in [0, 0.1) is 13.8 Å². The number of halogens is 4. The van der Waals surface area contributed by atoms with Gasteiger partial charge in [0.15, 0.2) is 5.13 Å². The first-order chi connectivity index (χ1) is 16.0. The van der Waals surface area contributed by atoms with Crippen molar-refractivity contribution in [1.29, 1.82) is 0 Å². The standard InChI is InChI=1S/C23H20F4N4O2S/c1-11-9-18(12(2)20-19(11)31-21(28)34-20)33-15-6-4-14(5-7-15)29-22(32)30-17-10-13(23(25,26)27)3-8-16(17)24/h3-10,16-17H,1-2H3,(H2,28,31)(H2,29,30,32). The zero-order valence-electron chi connectivity index (χ0n) is 18.0. The lowest BCUT2D eigenvalue weighted by Crippen LogP contribution is -2.43. The van der Waals surface area contributed by atoms with Crippen LogP contribution < -0.4 is 21.1 Å². The first kappa shape index (κ1) is 23.6. The molecule has 2 aromatic carbocycles. The van der Waals surface area contributed by atoms with Crippen molar-refractivity contribution in [2.75, 3.05) is 11.1 Å². The third-order valence-electron chi connectivity index (χ3n) is 5.20. The number of allylic oxidation sites excluding steroid dienone is 2. The van der Waals surface area contributed by atoms with Crippen LogP contribution in [0.4, 0.5) is 33.2 Å². The van der Waals surface area contributed by atoms with E-state index in [4.69, 9.17) is 10.5 Å². The van der Waals surface area contributed by atoms with Crippen molar-refractivity contribution in [2.45, 2.75) is 32.2 Å². The number of alkyl halides is 4. The van der Waals surface area contributed by atoms with Gasteiger partial charge >= 0.3 is 12.2 Å². The normalized spacial score (nSPS) is 18.0. The number of aromatic nitrogens is 1. The van der Waals surface area contributed by atoms with Crippen LogP contribution in [0.3, 0.4) is 0 Å². The molecule has 0 fully saturated rings. The number of thiazole rings is 1. The SMILES string of the molecule is Cc1cc(Oc2ccc(NC(=O)NC3C=C(C(F)(F)F)C=CC3F)cc2)c(C)c2sc(N)nc12. The van der Waals surface area contributed by atoms with Gasteiger partial charge in [0, 0.05) is 11.3 Å². The molecule has 3 aromatic rings. The number of ether oxygens (including phenoxy) is 1. The lowest BCUT2D eigenvalue weighted by molar-refractivity contribution is -0.0889. The highest BCUT2D eigenvalue weighted by molar-refractivity contribution is 7.22. The van der Waals surface area contributed by atoms with Crippen molar-refractivity contribution in [3.8, 4) is 11.5 Å². The Morgan fingerprint density at radius 2 is 1.91 bits per heavy atom. The Morgan fingerprint density at radius 1 is 1.21 bits per heavy atom. The van der Waals surface area contributed by atoms with E-state index in [-0.39, 0.29) is 0 Å². The molecule has 4 N–H and O–H groups in total. The van der Waals surface area contributed by atoms with E-state index in [9.17, 15) is 22.4 Å². The number of carbonyl (C=O) groups excluding carboxylic acids is 1. The van der Waals surface area contributed by atoms with E-state index in [0.717, 1.165) is 27.4 Å². The van der Waals surface area contributed by atoms with Gasteiger partial charge in [-0.2, -0.15) is 13.2 Å². The summed E-state index contributed by atoms with van der Waals surface area (Å²) in [6, 6.07) is 5.96. The van der Waals surface area contributed by atoms with Crippen molar-refractivity contribution in [1.82, 2.24) is 10.3 Å². The lowest BCUT2D eigenvalue weighted by atomic mass is 10.0. The van der Waals surface area contributed by atoms with Crippen LogP contribution in [0.15, 0.2) is 54.1 Å². The fraction of sp³-hybridized carbons (Fsp3) is 0.217. The Bertz CT molecular complexity index is 1300. The molecule has 0 saturated heterocycles. The average Bonchev–Trinajstić information content (AvgIpc) is 3.16. The van der Waals surface area contributed by atoms with Gasteiger partial charge in [0.2, 0.25) is 0 Å². The van der Waals surface area contributed by atoms with Gasteiger partial charge in [-0.1, -0.05) is 17.4 Å². The summed E-state index contributed by atoms with van der Waals surface area (Å²) in [5.74, 6) is 1.14. The molecule has 2 unspecified atom stereocenters. The average molecular weight is 492 g/mol. The Kier molecular flexibility index (Phi) is 6.22. The molecule has 178 valence electrons. The van der Waals surface area contributed by atoms with Crippen LogP contribution in [-0.2, 0) is 0 Å². The number of hydrogen-bond acceptors (Lipinski definition) is 5. The quantitative estimate of drug-likeness (QED) is 0.380. The van der Waals surface area contributed by atoms with Crippen molar-refractivity contribution in [3.63, 3.8) is 0 Å². The molecule has 2 atom stereocenters. The fourth-order valence-electron chi connectivity index (χ4n) is 3.47. The Labute approximate surface area is 196 Å². The number of hydrogen-bond donors (Lipinski definition) is 3. The van der Waals surface area contributed by atoms with E-state index in [0.29, 0.717) is 34.5 Å². The molecule has 34 heavy (non-hydrogen) atoms. The molecule has 4 rings (SSSR count). The van der Waals surface area contributed by atoms with Gasteiger partial charge in [-0.05, 0) is 61.9 Å². The first-order valence-corrected chi connectivity index (χ1v) is 11.0. The van der Waals surface area contributed by atoms with Crippen molar-refractivity contribution >= 4 is 38.4 Å². The van der Waals surface area contributed by atoms with Gasteiger partial charge in [-0.25, -0.2) is 14.2 Å². The Morgan fingerprint density at radius 3 is 2.59 bits per heavy atom. The number of rotatable bonds is 4. The molecule has 0 bridgehead atoms. The second-order valence-electron chi connectivity index (χ2n) is 7.72. The maximum Gasteiger partial charge on any atom is 0.416 e. The van der Waals surface area contributed by atoms with Gasteiger partial charge in [0.25, 0.3) is 0 Å². The maximum atomic E-state index is 14.0. The predicted molar refractivity (Wildman–Crippen MR) is 124 cm³/mol. The van der Waals surface area contributed by atoms with Crippen molar-refractivity contribution in [2.24, 2.45) is 0 Å². The number of nitrogen functional groups attached to an aromatic ring is 1.